The van der Waals surface area contributed by atoms with Crippen LogP contribution in [0.5, 0.6) is 0 Å². The predicted molar refractivity (Wildman–Crippen MR) is 55.6 cm³/mol. The number of rotatable bonds is 4. The van der Waals surface area contributed by atoms with Crippen LogP contribution in [0, 0.1) is 12.3 Å². The Hall–Kier alpha value is -1.54. The third-order valence-corrected chi connectivity index (χ3v) is 2.30. The summed E-state index contributed by atoms with van der Waals surface area (Å²) < 4.78 is 0. The number of hydrogen-bond donors (Lipinski definition) is 3. The van der Waals surface area contributed by atoms with Crippen LogP contribution in [0.4, 0.5) is 0 Å². The summed E-state index contributed by atoms with van der Waals surface area (Å²) in [7, 11) is 0. The van der Waals surface area contributed by atoms with Gasteiger partial charge >= 0.3 is 0 Å². The van der Waals surface area contributed by atoms with E-state index in [1.165, 1.54) is 0 Å². The molecule has 1 saturated heterocycles. The van der Waals surface area contributed by atoms with Crippen molar-refractivity contribution in [3.63, 3.8) is 0 Å². The lowest BCUT2D eigenvalue weighted by molar-refractivity contribution is -0.123. The summed E-state index contributed by atoms with van der Waals surface area (Å²) in [6.07, 6.45) is 6.94. The number of nitrogens with one attached hydrogen (secondary N) is 2. The quantitative estimate of drug-likeness (QED) is 0.505. The van der Waals surface area contributed by atoms with Crippen molar-refractivity contribution in [2.24, 2.45) is 5.73 Å². The van der Waals surface area contributed by atoms with E-state index in [2.05, 4.69) is 16.6 Å². The first-order chi connectivity index (χ1) is 7.13. The molecular weight excluding hydrogens is 194 g/mol. The molecule has 15 heavy (non-hydrogen) atoms. The molecule has 0 aromatic rings. The summed E-state index contributed by atoms with van der Waals surface area (Å²) in [6, 6.07) is -0.786. The van der Waals surface area contributed by atoms with Crippen molar-refractivity contribution < 1.29 is 9.59 Å². The lowest BCUT2D eigenvalue weighted by Gasteiger charge is -2.15. The maximum absolute atomic E-state index is 11.6. The molecule has 0 saturated carbocycles. The topological polar surface area (TPSA) is 84.2 Å². The minimum atomic E-state index is -0.600. The second-order valence-electron chi connectivity index (χ2n) is 3.55. The van der Waals surface area contributed by atoms with Crippen LogP contribution in [0.2, 0.25) is 0 Å². The smallest absolute Gasteiger partial charge is 0.238 e. The van der Waals surface area contributed by atoms with Gasteiger partial charge in [0.05, 0.1) is 18.5 Å². The van der Waals surface area contributed by atoms with Crippen LogP contribution in [0.15, 0.2) is 0 Å². The van der Waals surface area contributed by atoms with Gasteiger partial charge in [-0.1, -0.05) is 5.92 Å². The monoisotopic (exact) mass is 209 g/mol. The first-order valence-electron chi connectivity index (χ1n) is 4.91. The Morgan fingerprint density at radius 1 is 1.67 bits per heavy atom. The molecule has 1 rings (SSSR count). The van der Waals surface area contributed by atoms with Gasteiger partial charge in [-0.3, -0.25) is 9.59 Å². The van der Waals surface area contributed by atoms with Crippen LogP contribution < -0.4 is 16.4 Å². The standard InChI is InChI=1S/C10H15N3O2/c1-2-7(6-9(11)14)13-10(15)8-4-3-5-12-8/h1,7-8,12H,3-6H2,(H2,11,14)(H,13,15)/t7-,8?/m1/s1. The van der Waals surface area contributed by atoms with Gasteiger partial charge in [-0.05, 0) is 19.4 Å². The third-order valence-electron chi connectivity index (χ3n) is 2.30. The maximum Gasteiger partial charge on any atom is 0.238 e. The van der Waals surface area contributed by atoms with Crippen molar-refractivity contribution in [3.8, 4) is 12.3 Å². The third kappa shape index (κ3) is 3.60. The summed E-state index contributed by atoms with van der Waals surface area (Å²) in [4.78, 5) is 22.2. The fourth-order valence-corrected chi connectivity index (χ4v) is 1.53. The van der Waals surface area contributed by atoms with Gasteiger partial charge in [0.15, 0.2) is 0 Å². The molecule has 0 bridgehead atoms. The van der Waals surface area contributed by atoms with E-state index in [1.807, 2.05) is 0 Å². The van der Waals surface area contributed by atoms with Crippen LogP contribution in [0.3, 0.4) is 0 Å². The van der Waals surface area contributed by atoms with Gasteiger partial charge in [-0.15, -0.1) is 6.42 Å². The Kier molecular flexibility index (Phi) is 4.13. The summed E-state index contributed by atoms with van der Waals surface area (Å²) in [5.41, 5.74) is 5.00. The Morgan fingerprint density at radius 2 is 2.40 bits per heavy atom. The number of carbonyl (C=O) groups is 2. The maximum atomic E-state index is 11.6. The molecule has 5 heteroatoms. The normalized spacial score (nSPS) is 21.7. The van der Waals surface area contributed by atoms with Gasteiger partial charge in [0.25, 0.3) is 0 Å². The number of terminal acetylenes is 1. The van der Waals surface area contributed by atoms with Crippen LogP contribution in [0.25, 0.3) is 0 Å². The zero-order valence-electron chi connectivity index (χ0n) is 8.45. The molecular formula is C10H15N3O2. The van der Waals surface area contributed by atoms with Crippen molar-refractivity contribution in [2.75, 3.05) is 6.54 Å². The summed E-state index contributed by atoms with van der Waals surface area (Å²) in [5, 5.41) is 5.64. The van der Waals surface area contributed by atoms with Gasteiger partial charge in [0.1, 0.15) is 0 Å². The molecule has 2 atom stereocenters. The molecule has 4 N–H and O–H groups in total. The molecule has 82 valence electrons. The van der Waals surface area contributed by atoms with Gasteiger partial charge < -0.3 is 16.4 Å². The lowest BCUT2D eigenvalue weighted by atomic mass is 10.1. The van der Waals surface area contributed by atoms with Crippen molar-refractivity contribution in [3.05, 3.63) is 0 Å². The molecule has 1 unspecified atom stereocenters. The van der Waals surface area contributed by atoms with Crippen LogP contribution in [-0.2, 0) is 9.59 Å². The molecule has 0 spiro atoms. The molecule has 0 aromatic heterocycles. The number of hydrogen-bond acceptors (Lipinski definition) is 3. The van der Waals surface area contributed by atoms with E-state index in [0.717, 1.165) is 19.4 Å². The van der Waals surface area contributed by atoms with E-state index in [9.17, 15) is 9.59 Å². The number of primary amides is 1. The van der Waals surface area contributed by atoms with Crippen molar-refractivity contribution >= 4 is 11.8 Å². The molecule has 2 amide bonds. The highest BCUT2D eigenvalue weighted by molar-refractivity contribution is 5.83. The lowest BCUT2D eigenvalue weighted by Crippen LogP contribution is -2.45. The van der Waals surface area contributed by atoms with Gasteiger partial charge in [0, 0.05) is 0 Å². The molecule has 1 aliphatic rings. The zero-order valence-corrected chi connectivity index (χ0v) is 8.45. The average Bonchev–Trinajstić information content (AvgIpc) is 2.68. The van der Waals surface area contributed by atoms with E-state index >= 15 is 0 Å². The van der Waals surface area contributed by atoms with Crippen molar-refractivity contribution in [2.45, 2.75) is 31.3 Å². The van der Waals surface area contributed by atoms with E-state index < -0.39 is 11.9 Å². The van der Waals surface area contributed by atoms with Crippen LogP contribution in [0.1, 0.15) is 19.3 Å². The SMILES string of the molecule is C#C[C@H](CC(N)=O)NC(=O)C1CCCN1. The predicted octanol–water partition coefficient (Wildman–Crippen LogP) is -1.27. The molecule has 1 heterocycles. The molecule has 1 fully saturated rings. The fraction of sp³-hybridized carbons (Fsp3) is 0.600. The number of nitrogens with two attached hydrogens (primary N) is 1. The van der Waals surface area contributed by atoms with E-state index in [1.54, 1.807) is 0 Å². The highest BCUT2D eigenvalue weighted by Crippen LogP contribution is 2.05. The number of carbonyl (C=O) groups excluding carboxylic acids is 2. The Bertz CT molecular complexity index is 290. The molecule has 0 aromatic carbocycles. The Morgan fingerprint density at radius 3 is 2.87 bits per heavy atom. The largest absolute Gasteiger partial charge is 0.370 e. The fourth-order valence-electron chi connectivity index (χ4n) is 1.53. The first-order valence-corrected chi connectivity index (χ1v) is 4.91. The minimum Gasteiger partial charge on any atom is -0.370 e. The highest BCUT2D eigenvalue weighted by Gasteiger charge is 2.23. The second-order valence-corrected chi connectivity index (χ2v) is 3.55. The second kappa shape index (κ2) is 5.37. The summed E-state index contributed by atoms with van der Waals surface area (Å²) in [6.45, 7) is 0.842. The average molecular weight is 209 g/mol. The van der Waals surface area contributed by atoms with E-state index in [4.69, 9.17) is 12.2 Å². The van der Waals surface area contributed by atoms with Crippen LogP contribution in [-0.4, -0.2) is 30.4 Å². The summed E-state index contributed by atoms with van der Waals surface area (Å²) >= 11 is 0. The van der Waals surface area contributed by atoms with Crippen molar-refractivity contribution in [1.82, 2.24) is 10.6 Å². The van der Waals surface area contributed by atoms with Gasteiger partial charge in [0.2, 0.25) is 11.8 Å². The molecule has 0 radical (unpaired) electrons. The zero-order chi connectivity index (χ0) is 11.3. The van der Waals surface area contributed by atoms with Crippen molar-refractivity contribution in [1.29, 1.82) is 0 Å². The first kappa shape index (κ1) is 11.5. The molecule has 1 aliphatic heterocycles. The molecule has 5 nitrogen and oxygen atoms in total. The van der Waals surface area contributed by atoms with E-state index in [0.29, 0.717) is 0 Å². The Balaban J connectivity index is 2.41. The minimum absolute atomic E-state index is 0.0189. The van der Waals surface area contributed by atoms with E-state index in [-0.39, 0.29) is 18.4 Å². The number of amides is 2. The van der Waals surface area contributed by atoms with Gasteiger partial charge in [-0.2, -0.15) is 0 Å². The van der Waals surface area contributed by atoms with Gasteiger partial charge in [-0.25, -0.2) is 0 Å². The Labute approximate surface area is 88.8 Å². The van der Waals surface area contributed by atoms with Crippen LogP contribution >= 0.6 is 0 Å². The molecule has 0 aliphatic carbocycles. The highest BCUT2D eigenvalue weighted by atomic mass is 16.2. The summed E-state index contributed by atoms with van der Waals surface area (Å²) in [5.74, 6) is 1.66.